The van der Waals surface area contributed by atoms with Crippen LogP contribution >= 0.6 is 0 Å². The number of aryl methyl sites for hydroxylation is 1. The summed E-state index contributed by atoms with van der Waals surface area (Å²) in [6, 6.07) is 9.15. The Hall–Kier alpha value is -2.47. The number of rotatable bonds is 4. The van der Waals surface area contributed by atoms with E-state index in [2.05, 4.69) is 10.6 Å². The summed E-state index contributed by atoms with van der Waals surface area (Å²) in [6.07, 6.45) is -0.979. The van der Waals surface area contributed by atoms with E-state index < -0.39 is 23.8 Å². The molecule has 0 aliphatic carbocycles. The topological polar surface area (TPSA) is 61.4 Å². The first kappa shape index (κ1) is 15.9. The zero-order valence-corrected chi connectivity index (χ0v) is 11.9. The van der Waals surface area contributed by atoms with Crippen molar-refractivity contribution in [2.24, 2.45) is 0 Å². The molecule has 0 aliphatic heterocycles. The van der Waals surface area contributed by atoms with Crippen molar-refractivity contribution in [3.63, 3.8) is 0 Å². The number of amides is 2. The molecule has 22 heavy (non-hydrogen) atoms. The molecular formula is C16H16F2N2O2. The van der Waals surface area contributed by atoms with Crippen LogP contribution in [0.3, 0.4) is 0 Å². The van der Waals surface area contributed by atoms with Crippen LogP contribution in [0, 0.1) is 18.6 Å². The van der Waals surface area contributed by atoms with Gasteiger partial charge in [-0.05, 0) is 36.2 Å². The molecule has 1 unspecified atom stereocenters. The Morgan fingerprint density at radius 1 is 1.18 bits per heavy atom. The zero-order valence-electron chi connectivity index (χ0n) is 11.9. The fourth-order valence-corrected chi connectivity index (χ4v) is 1.94. The van der Waals surface area contributed by atoms with E-state index in [0.29, 0.717) is 11.1 Å². The molecule has 0 bridgehead atoms. The third-order valence-electron chi connectivity index (χ3n) is 3.17. The largest absolute Gasteiger partial charge is 0.387 e. The van der Waals surface area contributed by atoms with Gasteiger partial charge in [0.05, 0.1) is 11.8 Å². The minimum atomic E-state index is -0.979. The van der Waals surface area contributed by atoms with Gasteiger partial charge in [0.2, 0.25) is 0 Å². The number of benzene rings is 2. The second-order valence-corrected chi connectivity index (χ2v) is 4.83. The molecule has 0 spiro atoms. The molecule has 3 N–H and O–H groups in total. The summed E-state index contributed by atoms with van der Waals surface area (Å²) in [6.45, 7) is 1.59. The van der Waals surface area contributed by atoms with E-state index in [1.807, 2.05) is 0 Å². The molecule has 0 heterocycles. The molecule has 4 nitrogen and oxygen atoms in total. The number of nitrogens with one attached hydrogen (secondary N) is 2. The van der Waals surface area contributed by atoms with Crippen LogP contribution in [0.4, 0.5) is 19.3 Å². The van der Waals surface area contributed by atoms with Crippen LogP contribution in [0.25, 0.3) is 0 Å². The van der Waals surface area contributed by atoms with Gasteiger partial charge in [0.25, 0.3) is 0 Å². The number of hydrogen-bond acceptors (Lipinski definition) is 2. The molecule has 2 rings (SSSR count). The van der Waals surface area contributed by atoms with Gasteiger partial charge in [0.1, 0.15) is 11.6 Å². The second kappa shape index (κ2) is 7.00. The third-order valence-corrected chi connectivity index (χ3v) is 3.17. The lowest BCUT2D eigenvalue weighted by Gasteiger charge is -2.14. The monoisotopic (exact) mass is 306 g/mol. The highest BCUT2D eigenvalue weighted by atomic mass is 19.1. The summed E-state index contributed by atoms with van der Waals surface area (Å²) in [5.74, 6) is -0.939. The van der Waals surface area contributed by atoms with Crippen LogP contribution in [0.5, 0.6) is 0 Å². The first-order valence-corrected chi connectivity index (χ1v) is 6.71. The highest BCUT2D eigenvalue weighted by Gasteiger charge is 2.12. The Morgan fingerprint density at radius 2 is 1.86 bits per heavy atom. The van der Waals surface area contributed by atoms with Crippen molar-refractivity contribution in [2.45, 2.75) is 13.0 Å². The molecule has 0 fully saturated rings. The van der Waals surface area contributed by atoms with E-state index in [9.17, 15) is 18.7 Å². The Morgan fingerprint density at radius 3 is 2.50 bits per heavy atom. The standard InChI is InChI=1S/C16H16F2N2O2/c1-10-3-2-4-13(18)15(10)20-16(22)19-9-14(21)11-5-7-12(17)8-6-11/h2-8,14,21H,9H2,1H3,(H2,19,20,22). The summed E-state index contributed by atoms with van der Waals surface area (Å²) < 4.78 is 26.4. The number of hydrogen-bond donors (Lipinski definition) is 3. The van der Waals surface area contributed by atoms with E-state index in [1.165, 1.54) is 30.3 Å². The van der Waals surface area contributed by atoms with Crippen LogP contribution in [-0.4, -0.2) is 17.7 Å². The zero-order chi connectivity index (χ0) is 16.1. The number of aliphatic hydroxyl groups excluding tert-OH is 1. The van der Waals surface area contributed by atoms with Crippen molar-refractivity contribution in [1.29, 1.82) is 0 Å². The second-order valence-electron chi connectivity index (χ2n) is 4.83. The minimum absolute atomic E-state index is 0.0784. The highest BCUT2D eigenvalue weighted by molar-refractivity contribution is 5.90. The third kappa shape index (κ3) is 4.02. The Bertz CT molecular complexity index is 639. The molecule has 1 atom stereocenters. The number of halogens is 2. The molecule has 116 valence electrons. The lowest BCUT2D eigenvalue weighted by molar-refractivity contribution is 0.175. The Balaban J connectivity index is 1.91. The summed E-state index contributed by atoms with van der Waals surface area (Å²) >= 11 is 0. The van der Waals surface area contributed by atoms with Gasteiger partial charge in [0.15, 0.2) is 0 Å². The minimum Gasteiger partial charge on any atom is -0.387 e. The van der Waals surface area contributed by atoms with Gasteiger partial charge < -0.3 is 15.7 Å². The van der Waals surface area contributed by atoms with Gasteiger partial charge in [-0.1, -0.05) is 24.3 Å². The van der Waals surface area contributed by atoms with Gasteiger partial charge in [-0.15, -0.1) is 0 Å². The maximum atomic E-state index is 13.6. The fourth-order valence-electron chi connectivity index (χ4n) is 1.94. The summed E-state index contributed by atoms with van der Waals surface area (Å²) in [5.41, 5.74) is 1.16. The van der Waals surface area contributed by atoms with Crippen molar-refractivity contribution >= 4 is 11.7 Å². The van der Waals surface area contributed by atoms with Gasteiger partial charge >= 0.3 is 6.03 Å². The maximum Gasteiger partial charge on any atom is 0.319 e. The first-order valence-electron chi connectivity index (χ1n) is 6.71. The molecule has 2 aromatic rings. The quantitative estimate of drug-likeness (QED) is 0.812. The molecular weight excluding hydrogens is 290 g/mol. The van der Waals surface area contributed by atoms with Crippen LogP contribution in [-0.2, 0) is 0 Å². The van der Waals surface area contributed by atoms with Crippen molar-refractivity contribution in [3.8, 4) is 0 Å². The SMILES string of the molecule is Cc1cccc(F)c1NC(=O)NCC(O)c1ccc(F)cc1. The number of para-hydroxylation sites is 1. The van der Waals surface area contributed by atoms with E-state index >= 15 is 0 Å². The molecule has 0 aromatic heterocycles. The Kier molecular flexibility index (Phi) is 5.06. The highest BCUT2D eigenvalue weighted by Crippen LogP contribution is 2.18. The molecule has 2 amide bonds. The normalized spacial score (nSPS) is 11.8. The number of urea groups is 1. The van der Waals surface area contributed by atoms with Crippen LogP contribution < -0.4 is 10.6 Å². The van der Waals surface area contributed by atoms with Crippen LogP contribution in [0.2, 0.25) is 0 Å². The molecule has 0 aliphatic rings. The first-order chi connectivity index (χ1) is 10.5. The molecule has 0 saturated heterocycles. The van der Waals surface area contributed by atoms with Crippen molar-refractivity contribution in [3.05, 3.63) is 65.2 Å². The molecule has 0 saturated carbocycles. The van der Waals surface area contributed by atoms with E-state index in [1.54, 1.807) is 19.1 Å². The van der Waals surface area contributed by atoms with Gasteiger partial charge in [-0.25, -0.2) is 13.6 Å². The lowest BCUT2D eigenvalue weighted by atomic mass is 10.1. The summed E-state index contributed by atoms with van der Waals surface area (Å²) in [7, 11) is 0. The van der Waals surface area contributed by atoms with E-state index in [-0.39, 0.29) is 12.2 Å². The maximum absolute atomic E-state index is 13.6. The fraction of sp³-hybridized carbons (Fsp3) is 0.188. The number of aliphatic hydroxyl groups is 1. The van der Waals surface area contributed by atoms with Gasteiger partial charge in [-0.2, -0.15) is 0 Å². The average Bonchev–Trinajstić information content (AvgIpc) is 2.49. The van der Waals surface area contributed by atoms with E-state index in [4.69, 9.17) is 0 Å². The number of carbonyl (C=O) groups is 1. The van der Waals surface area contributed by atoms with Gasteiger partial charge in [0, 0.05) is 6.54 Å². The van der Waals surface area contributed by atoms with E-state index in [0.717, 1.165) is 0 Å². The van der Waals surface area contributed by atoms with Crippen LogP contribution in [0.15, 0.2) is 42.5 Å². The Labute approximate surface area is 126 Å². The van der Waals surface area contributed by atoms with Crippen LogP contribution in [0.1, 0.15) is 17.2 Å². The molecule has 6 heteroatoms. The van der Waals surface area contributed by atoms with Gasteiger partial charge in [-0.3, -0.25) is 0 Å². The molecule has 2 aromatic carbocycles. The lowest BCUT2D eigenvalue weighted by Crippen LogP contribution is -2.32. The number of carbonyl (C=O) groups excluding carboxylic acids is 1. The average molecular weight is 306 g/mol. The predicted octanol–water partition coefficient (Wildman–Crippen LogP) is 3.13. The predicted molar refractivity (Wildman–Crippen MR) is 79.5 cm³/mol. The summed E-state index contributed by atoms with van der Waals surface area (Å²) in [5, 5.41) is 14.7. The molecule has 0 radical (unpaired) electrons. The smallest absolute Gasteiger partial charge is 0.319 e. The van der Waals surface area contributed by atoms with Crippen molar-refractivity contribution < 1.29 is 18.7 Å². The number of anilines is 1. The van der Waals surface area contributed by atoms with Crippen molar-refractivity contribution in [1.82, 2.24) is 5.32 Å². The van der Waals surface area contributed by atoms with Crippen molar-refractivity contribution in [2.75, 3.05) is 11.9 Å². The summed E-state index contributed by atoms with van der Waals surface area (Å²) in [4.78, 5) is 11.7.